The van der Waals surface area contributed by atoms with Crippen LogP contribution in [0.4, 0.5) is 11.4 Å². The molecule has 0 aliphatic carbocycles. The Kier molecular flexibility index (Phi) is 3.63. The van der Waals surface area contributed by atoms with Gasteiger partial charge in [0.15, 0.2) is 0 Å². The second kappa shape index (κ2) is 5.03. The first kappa shape index (κ1) is 13.0. The van der Waals surface area contributed by atoms with Crippen molar-refractivity contribution in [3.63, 3.8) is 0 Å². The average Bonchev–Trinajstić information content (AvgIpc) is 2.86. The number of methoxy groups -OCH3 is 1. The summed E-state index contributed by atoms with van der Waals surface area (Å²) in [7, 11) is -1.99. The summed E-state index contributed by atoms with van der Waals surface area (Å²) >= 11 is 0. The average molecular weight is 271 g/mol. The number of rotatable bonds is 4. The molecule has 0 unspecified atom stereocenters. The molecular weight excluding hydrogens is 254 g/mol. The fourth-order valence-corrected chi connectivity index (χ4v) is 3.21. The van der Waals surface area contributed by atoms with Crippen molar-refractivity contribution in [3.8, 4) is 5.75 Å². The number of hydrogen-bond donors (Lipinski definition) is 2. The van der Waals surface area contributed by atoms with Crippen LogP contribution >= 0.6 is 0 Å². The second-order valence-corrected chi connectivity index (χ2v) is 5.84. The van der Waals surface area contributed by atoms with Gasteiger partial charge in [0.2, 0.25) is 0 Å². The van der Waals surface area contributed by atoms with Crippen LogP contribution in [-0.2, 0) is 10.2 Å². The van der Waals surface area contributed by atoms with Gasteiger partial charge in [0.1, 0.15) is 5.75 Å². The van der Waals surface area contributed by atoms with Gasteiger partial charge in [-0.25, -0.2) is 0 Å². The van der Waals surface area contributed by atoms with Crippen LogP contribution in [0.1, 0.15) is 12.8 Å². The highest BCUT2D eigenvalue weighted by atomic mass is 32.2. The number of ether oxygens (including phenoxy) is 1. The van der Waals surface area contributed by atoms with E-state index in [-0.39, 0.29) is 0 Å². The van der Waals surface area contributed by atoms with Crippen LogP contribution in [0.2, 0.25) is 0 Å². The van der Waals surface area contributed by atoms with E-state index >= 15 is 0 Å². The third-order valence-corrected chi connectivity index (χ3v) is 4.43. The number of nitrogens with one attached hydrogen (secondary N) is 1. The van der Waals surface area contributed by atoms with E-state index in [1.807, 2.05) is 0 Å². The SMILES string of the molecule is COc1ccc(N)c(NS(=O)(=O)N2CCCC2)c1. The van der Waals surface area contributed by atoms with Crippen molar-refractivity contribution in [1.29, 1.82) is 0 Å². The highest BCUT2D eigenvalue weighted by Crippen LogP contribution is 2.26. The Morgan fingerprint density at radius 3 is 2.61 bits per heavy atom. The Hall–Kier alpha value is -1.47. The molecule has 100 valence electrons. The Balaban J connectivity index is 2.22. The van der Waals surface area contributed by atoms with Crippen molar-refractivity contribution in [3.05, 3.63) is 18.2 Å². The zero-order valence-electron chi connectivity index (χ0n) is 10.2. The van der Waals surface area contributed by atoms with Crippen LogP contribution in [0.15, 0.2) is 18.2 Å². The largest absolute Gasteiger partial charge is 0.497 e. The molecule has 3 N–H and O–H groups in total. The number of benzene rings is 1. The monoisotopic (exact) mass is 271 g/mol. The summed E-state index contributed by atoms with van der Waals surface area (Å²) in [5, 5.41) is 0. The summed E-state index contributed by atoms with van der Waals surface area (Å²) in [6.07, 6.45) is 1.79. The Labute approximate surface area is 107 Å². The summed E-state index contributed by atoms with van der Waals surface area (Å²) in [6.45, 7) is 1.11. The molecule has 1 fully saturated rings. The zero-order chi connectivity index (χ0) is 13.2. The fourth-order valence-electron chi connectivity index (χ4n) is 1.88. The molecule has 0 amide bonds. The Morgan fingerprint density at radius 1 is 1.33 bits per heavy atom. The zero-order valence-corrected chi connectivity index (χ0v) is 11.0. The highest BCUT2D eigenvalue weighted by molar-refractivity contribution is 7.90. The molecule has 0 saturated carbocycles. The first-order chi connectivity index (χ1) is 8.53. The minimum absolute atomic E-state index is 0.348. The molecular formula is C11H17N3O3S. The molecule has 0 radical (unpaired) electrons. The Bertz CT molecular complexity index is 524. The first-order valence-corrected chi connectivity index (χ1v) is 7.18. The number of anilines is 2. The van der Waals surface area contributed by atoms with Gasteiger partial charge in [0.05, 0.1) is 18.5 Å². The summed E-state index contributed by atoms with van der Waals surface area (Å²) < 4.78 is 33.1. The van der Waals surface area contributed by atoms with E-state index in [1.165, 1.54) is 11.4 Å². The van der Waals surface area contributed by atoms with Crippen LogP contribution in [-0.4, -0.2) is 32.9 Å². The summed E-state index contributed by atoms with van der Waals surface area (Å²) in [6, 6.07) is 4.87. The van der Waals surface area contributed by atoms with E-state index in [1.54, 1.807) is 18.2 Å². The molecule has 1 aliphatic heterocycles. The van der Waals surface area contributed by atoms with Crippen LogP contribution in [0.5, 0.6) is 5.75 Å². The number of nitrogen functional groups attached to an aromatic ring is 1. The van der Waals surface area contributed by atoms with Crippen molar-refractivity contribution in [2.75, 3.05) is 30.7 Å². The molecule has 1 heterocycles. The van der Waals surface area contributed by atoms with Crippen molar-refractivity contribution in [2.24, 2.45) is 0 Å². The van der Waals surface area contributed by atoms with E-state index in [9.17, 15) is 8.42 Å². The van der Waals surface area contributed by atoms with Crippen LogP contribution in [0.3, 0.4) is 0 Å². The maximum atomic E-state index is 12.1. The lowest BCUT2D eigenvalue weighted by Crippen LogP contribution is -2.33. The summed E-state index contributed by atoms with van der Waals surface area (Å²) in [4.78, 5) is 0. The lowest BCUT2D eigenvalue weighted by atomic mass is 10.2. The number of nitrogens with two attached hydrogens (primary N) is 1. The molecule has 7 heteroatoms. The van der Waals surface area contributed by atoms with Crippen LogP contribution < -0.4 is 15.2 Å². The third kappa shape index (κ3) is 2.68. The topological polar surface area (TPSA) is 84.7 Å². The highest BCUT2D eigenvalue weighted by Gasteiger charge is 2.25. The smallest absolute Gasteiger partial charge is 0.301 e. The minimum atomic E-state index is -3.51. The van der Waals surface area contributed by atoms with E-state index in [0.717, 1.165) is 12.8 Å². The predicted molar refractivity (Wildman–Crippen MR) is 70.8 cm³/mol. The van der Waals surface area contributed by atoms with E-state index in [2.05, 4.69) is 4.72 Å². The predicted octanol–water partition coefficient (Wildman–Crippen LogP) is 1.03. The molecule has 0 spiro atoms. The second-order valence-electron chi connectivity index (χ2n) is 4.17. The molecule has 1 aromatic rings. The van der Waals surface area contributed by atoms with Gasteiger partial charge in [-0.1, -0.05) is 0 Å². The van der Waals surface area contributed by atoms with Crippen molar-refractivity contribution in [2.45, 2.75) is 12.8 Å². The molecule has 1 aromatic carbocycles. The normalized spacial score (nSPS) is 16.7. The lowest BCUT2D eigenvalue weighted by Gasteiger charge is -2.18. The molecule has 0 atom stereocenters. The van der Waals surface area contributed by atoms with Crippen molar-refractivity contribution < 1.29 is 13.2 Å². The number of hydrogen-bond acceptors (Lipinski definition) is 4. The molecule has 1 saturated heterocycles. The minimum Gasteiger partial charge on any atom is -0.497 e. The summed E-state index contributed by atoms with van der Waals surface area (Å²) in [5.74, 6) is 0.559. The maximum Gasteiger partial charge on any atom is 0.301 e. The molecule has 1 aliphatic rings. The van der Waals surface area contributed by atoms with Crippen LogP contribution in [0, 0.1) is 0 Å². The molecule has 18 heavy (non-hydrogen) atoms. The molecule has 2 rings (SSSR count). The molecule has 6 nitrogen and oxygen atoms in total. The fraction of sp³-hybridized carbons (Fsp3) is 0.455. The van der Waals surface area contributed by atoms with Gasteiger partial charge in [-0.05, 0) is 25.0 Å². The van der Waals surface area contributed by atoms with Gasteiger partial charge in [-0.2, -0.15) is 12.7 Å². The Morgan fingerprint density at radius 2 is 2.00 bits per heavy atom. The molecule has 0 bridgehead atoms. The quantitative estimate of drug-likeness (QED) is 0.801. The van der Waals surface area contributed by atoms with Gasteiger partial charge in [-0.15, -0.1) is 0 Å². The first-order valence-electron chi connectivity index (χ1n) is 5.74. The van der Waals surface area contributed by atoms with Crippen molar-refractivity contribution in [1.82, 2.24) is 4.31 Å². The van der Waals surface area contributed by atoms with Gasteiger partial charge in [0.25, 0.3) is 0 Å². The van der Waals surface area contributed by atoms with E-state index in [4.69, 9.17) is 10.5 Å². The molecule has 0 aromatic heterocycles. The van der Waals surface area contributed by atoms with E-state index < -0.39 is 10.2 Å². The van der Waals surface area contributed by atoms with Gasteiger partial charge < -0.3 is 10.5 Å². The number of nitrogens with zero attached hydrogens (tertiary/aromatic N) is 1. The van der Waals surface area contributed by atoms with Gasteiger partial charge >= 0.3 is 10.2 Å². The standard InChI is InChI=1S/C11H17N3O3S/c1-17-9-4-5-10(12)11(8-9)13-18(15,16)14-6-2-3-7-14/h4-5,8,13H,2-3,6-7,12H2,1H3. The maximum absolute atomic E-state index is 12.1. The van der Waals surface area contributed by atoms with Crippen molar-refractivity contribution >= 4 is 21.6 Å². The lowest BCUT2D eigenvalue weighted by molar-refractivity contribution is 0.415. The third-order valence-electron chi connectivity index (χ3n) is 2.90. The summed E-state index contributed by atoms with van der Waals surface area (Å²) in [5.41, 5.74) is 6.47. The van der Waals surface area contributed by atoms with Gasteiger partial charge in [0, 0.05) is 19.2 Å². The van der Waals surface area contributed by atoms with Crippen LogP contribution in [0.25, 0.3) is 0 Å². The van der Waals surface area contributed by atoms with E-state index in [0.29, 0.717) is 30.2 Å². The van der Waals surface area contributed by atoms with Gasteiger partial charge in [-0.3, -0.25) is 4.72 Å².